The van der Waals surface area contributed by atoms with E-state index >= 15 is 0 Å². The van der Waals surface area contributed by atoms with Gasteiger partial charge in [0.25, 0.3) is 0 Å². The third kappa shape index (κ3) is 2.08. The number of nitrogen functional groups attached to an aromatic ring is 1. The minimum absolute atomic E-state index is 0.621. The van der Waals surface area contributed by atoms with Crippen molar-refractivity contribution in [2.45, 2.75) is 27.2 Å². The van der Waals surface area contributed by atoms with Crippen LogP contribution in [0.2, 0.25) is 0 Å². The van der Waals surface area contributed by atoms with Crippen molar-refractivity contribution in [1.29, 1.82) is 0 Å². The van der Waals surface area contributed by atoms with Gasteiger partial charge in [0, 0.05) is 6.20 Å². The zero-order valence-corrected chi connectivity index (χ0v) is 8.46. The average molecular weight is 176 g/mol. The number of anilines is 1. The van der Waals surface area contributed by atoms with E-state index in [1.165, 1.54) is 11.1 Å². The van der Waals surface area contributed by atoms with Crippen LogP contribution in [0.25, 0.3) is 5.57 Å². The first-order valence-electron chi connectivity index (χ1n) is 4.56. The number of aromatic nitrogens is 1. The Morgan fingerprint density at radius 3 is 2.77 bits per heavy atom. The number of rotatable bonds is 2. The first kappa shape index (κ1) is 9.78. The lowest BCUT2D eigenvalue weighted by atomic mass is 10.0. The fraction of sp³-hybridized carbons (Fsp3) is 0.364. The molecular weight excluding hydrogens is 160 g/mol. The van der Waals surface area contributed by atoms with Crippen molar-refractivity contribution in [1.82, 2.24) is 4.98 Å². The Hall–Kier alpha value is -1.31. The second-order valence-corrected chi connectivity index (χ2v) is 3.09. The number of aryl methyl sites for hydroxylation is 1. The number of nitrogens with two attached hydrogens (primary N) is 1. The van der Waals surface area contributed by atoms with E-state index in [1.54, 1.807) is 0 Å². The van der Waals surface area contributed by atoms with E-state index in [1.807, 2.05) is 20.0 Å². The Labute approximate surface area is 79.5 Å². The van der Waals surface area contributed by atoms with E-state index in [2.05, 4.69) is 24.1 Å². The Balaban J connectivity index is 3.10. The third-order valence-electron chi connectivity index (χ3n) is 2.22. The molecule has 0 saturated heterocycles. The lowest BCUT2D eigenvalue weighted by Gasteiger charge is -2.06. The van der Waals surface area contributed by atoms with Crippen molar-refractivity contribution in [3.63, 3.8) is 0 Å². The van der Waals surface area contributed by atoms with Gasteiger partial charge in [-0.15, -0.1) is 0 Å². The predicted molar refractivity (Wildman–Crippen MR) is 57.3 cm³/mol. The molecular formula is C11H16N2. The van der Waals surface area contributed by atoms with E-state index in [-0.39, 0.29) is 0 Å². The number of hydrogen-bond acceptors (Lipinski definition) is 2. The van der Waals surface area contributed by atoms with Gasteiger partial charge in [-0.3, -0.25) is 0 Å². The van der Waals surface area contributed by atoms with Crippen molar-refractivity contribution in [2.24, 2.45) is 0 Å². The van der Waals surface area contributed by atoms with Gasteiger partial charge in [-0.25, -0.2) is 4.98 Å². The normalized spacial score (nSPS) is 11.8. The number of pyridine rings is 1. The second kappa shape index (κ2) is 4.08. The van der Waals surface area contributed by atoms with E-state index in [4.69, 9.17) is 5.73 Å². The molecule has 2 nitrogen and oxygen atoms in total. The average Bonchev–Trinajstić information content (AvgIpc) is 2.13. The highest BCUT2D eigenvalue weighted by Crippen LogP contribution is 2.19. The zero-order chi connectivity index (χ0) is 9.84. The Morgan fingerprint density at radius 1 is 1.62 bits per heavy atom. The second-order valence-electron chi connectivity index (χ2n) is 3.09. The van der Waals surface area contributed by atoms with Crippen molar-refractivity contribution in [3.05, 3.63) is 29.5 Å². The zero-order valence-electron chi connectivity index (χ0n) is 8.46. The van der Waals surface area contributed by atoms with Gasteiger partial charge in [-0.05, 0) is 43.0 Å². The predicted octanol–water partition coefficient (Wildman–Crippen LogP) is 2.79. The highest BCUT2D eigenvalue weighted by Gasteiger charge is 2.00. The number of allylic oxidation sites excluding steroid dienone is 2. The van der Waals surface area contributed by atoms with Crippen molar-refractivity contribution in [2.75, 3.05) is 5.73 Å². The van der Waals surface area contributed by atoms with Gasteiger partial charge in [-0.1, -0.05) is 13.0 Å². The molecule has 0 spiro atoms. The molecule has 0 aliphatic carbocycles. The van der Waals surface area contributed by atoms with Crippen LogP contribution in [0.3, 0.4) is 0 Å². The number of hydrogen-bond donors (Lipinski definition) is 1. The van der Waals surface area contributed by atoms with Crippen molar-refractivity contribution < 1.29 is 0 Å². The fourth-order valence-corrected chi connectivity index (χ4v) is 1.34. The molecule has 0 saturated carbocycles. The van der Waals surface area contributed by atoms with Gasteiger partial charge >= 0.3 is 0 Å². The minimum Gasteiger partial charge on any atom is -0.383 e. The maximum atomic E-state index is 5.64. The van der Waals surface area contributed by atoms with Crippen LogP contribution in [0, 0.1) is 6.92 Å². The summed E-state index contributed by atoms with van der Waals surface area (Å²) in [7, 11) is 0. The van der Waals surface area contributed by atoms with Crippen molar-refractivity contribution in [3.8, 4) is 0 Å². The van der Waals surface area contributed by atoms with Gasteiger partial charge in [0.2, 0.25) is 0 Å². The Bertz CT molecular complexity index is 327. The van der Waals surface area contributed by atoms with E-state index in [0.29, 0.717) is 5.82 Å². The van der Waals surface area contributed by atoms with Gasteiger partial charge in [0.15, 0.2) is 0 Å². The smallest absolute Gasteiger partial charge is 0.126 e. The third-order valence-corrected chi connectivity index (χ3v) is 2.22. The molecule has 70 valence electrons. The first-order chi connectivity index (χ1) is 6.19. The molecule has 0 fully saturated rings. The van der Waals surface area contributed by atoms with Gasteiger partial charge in [0.05, 0.1) is 0 Å². The minimum atomic E-state index is 0.621. The van der Waals surface area contributed by atoms with Crippen LogP contribution >= 0.6 is 0 Å². The molecule has 0 radical (unpaired) electrons. The fourth-order valence-electron chi connectivity index (χ4n) is 1.34. The van der Waals surface area contributed by atoms with E-state index in [9.17, 15) is 0 Å². The van der Waals surface area contributed by atoms with Crippen LogP contribution in [-0.2, 0) is 0 Å². The molecule has 0 amide bonds. The molecule has 0 aliphatic rings. The molecule has 13 heavy (non-hydrogen) atoms. The summed E-state index contributed by atoms with van der Waals surface area (Å²) in [5.74, 6) is 0.621. The van der Waals surface area contributed by atoms with Crippen LogP contribution in [0.4, 0.5) is 5.82 Å². The Morgan fingerprint density at radius 2 is 2.31 bits per heavy atom. The standard InChI is InChI=1S/C11H16N2/c1-4-9(5-2)10-6-8(3)11(12)13-7-10/h4,6-7H,5H2,1-3H3,(H2,12,13)/b9-4+. The summed E-state index contributed by atoms with van der Waals surface area (Å²) < 4.78 is 0. The molecule has 0 bridgehead atoms. The summed E-state index contributed by atoms with van der Waals surface area (Å²) in [5, 5.41) is 0. The maximum Gasteiger partial charge on any atom is 0.126 e. The summed E-state index contributed by atoms with van der Waals surface area (Å²) in [4.78, 5) is 4.13. The highest BCUT2D eigenvalue weighted by molar-refractivity contribution is 5.66. The van der Waals surface area contributed by atoms with Crippen LogP contribution < -0.4 is 5.73 Å². The summed E-state index contributed by atoms with van der Waals surface area (Å²) in [6.07, 6.45) is 4.98. The number of nitrogens with zero attached hydrogens (tertiary/aromatic N) is 1. The van der Waals surface area contributed by atoms with Gasteiger partial charge in [-0.2, -0.15) is 0 Å². The molecule has 2 heteroatoms. The molecule has 1 aromatic rings. The largest absolute Gasteiger partial charge is 0.383 e. The highest BCUT2D eigenvalue weighted by atomic mass is 14.8. The van der Waals surface area contributed by atoms with Gasteiger partial charge in [0.1, 0.15) is 5.82 Å². The molecule has 0 aliphatic heterocycles. The van der Waals surface area contributed by atoms with Gasteiger partial charge < -0.3 is 5.73 Å². The van der Waals surface area contributed by atoms with Crippen LogP contribution in [0.5, 0.6) is 0 Å². The molecule has 1 aromatic heterocycles. The van der Waals surface area contributed by atoms with E-state index < -0.39 is 0 Å². The monoisotopic (exact) mass is 176 g/mol. The Kier molecular flexibility index (Phi) is 3.07. The molecule has 1 rings (SSSR count). The lowest BCUT2D eigenvalue weighted by Crippen LogP contribution is -1.95. The van der Waals surface area contributed by atoms with Crippen molar-refractivity contribution >= 4 is 11.4 Å². The van der Waals surface area contributed by atoms with E-state index in [0.717, 1.165) is 12.0 Å². The summed E-state index contributed by atoms with van der Waals surface area (Å²) in [5.41, 5.74) is 9.18. The molecule has 0 atom stereocenters. The first-order valence-corrected chi connectivity index (χ1v) is 4.56. The lowest BCUT2D eigenvalue weighted by molar-refractivity contribution is 1.20. The molecule has 1 heterocycles. The maximum absolute atomic E-state index is 5.64. The quantitative estimate of drug-likeness (QED) is 0.752. The van der Waals surface area contributed by atoms with Crippen LogP contribution in [0.15, 0.2) is 18.3 Å². The SMILES string of the molecule is C/C=C(\CC)c1cnc(N)c(C)c1. The van der Waals surface area contributed by atoms with Crippen LogP contribution in [0.1, 0.15) is 31.4 Å². The molecule has 2 N–H and O–H groups in total. The summed E-state index contributed by atoms with van der Waals surface area (Å²) in [6.45, 7) is 6.17. The molecule has 0 unspecified atom stereocenters. The van der Waals surface area contributed by atoms with Crippen LogP contribution in [-0.4, -0.2) is 4.98 Å². The topological polar surface area (TPSA) is 38.9 Å². The summed E-state index contributed by atoms with van der Waals surface area (Å²) >= 11 is 0. The molecule has 0 aromatic carbocycles. The summed E-state index contributed by atoms with van der Waals surface area (Å²) in [6, 6.07) is 2.08.